The Hall–Kier alpha value is -1.79. The summed E-state index contributed by atoms with van der Waals surface area (Å²) >= 11 is 6.71. The average Bonchev–Trinajstić information content (AvgIpc) is 2.50. The maximum atomic E-state index is 6.71. The lowest BCUT2D eigenvalue weighted by Crippen LogP contribution is -1.98. The van der Waals surface area contributed by atoms with Crippen LogP contribution in [0.2, 0.25) is 0 Å². The lowest BCUT2D eigenvalue weighted by molar-refractivity contribution is 0.925. The van der Waals surface area contributed by atoms with Crippen LogP contribution in [0.4, 0.5) is 0 Å². The molecule has 106 valence electrons. The van der Waals surface area contributed by atoms with Crippen LogP contribution in [-0.2, 0) is 6.42 Å². The highest BCUT2D eigenvalue weighted by Crippen LogP contribution is 2.31. The SMILES string of the molecule is Cc1ccc(CC(Cl)c2cccc3ccccc23)cc1C. The molecule has 0 saturated carbocycles. The minimum Gasteiger partial charge on any atom is -0.117 e. The first-order valence-electron chi connectivity index (χ1n) is 7.33. The summed E-state index contributed by atoms with van der Waals surface area (Å²) in [5.74, 6) is 0. The van der Waals surface area contributed by atoms with Gasteiger partial charge in [0.25, 0.3) is 0 Å². The van der Waals surface area contributed by atoms with Gasteiger partial charge in [-0.1, -0.05) is 60.7 Å². The van der Waals surface area contributed by atoms with E-state index in [1.807, 2.05) is 0 Å². The summed E-state index contributed by atoms with van der Waals surface area (Å²) in [4.78, 5) is 0. The normalized spacial score (nSPS) is 12.5. The molecule has 21 heavy (non-hydrogen) atoms. The van der Waals surface area contributed by atoms with Crippen molar-refractivity contribution in [3.05, 3.63) is 82.9 Å². The summed E-state index contributed by atoms with van der Waals surface area (Å²) in [5, 5.41) is 2.50. The molecule has 0 heterocycles. The van der Waals surface area contributed by atoms with Gasteiger partial charge in [-0.15, -0.1) is 11.6 Å². The molecule has 0 aliphatic carbocycles. The zero-order valence-electron chi connectivity index (χ0n) is 12.4. The molecule has 1 unspecified atom stereocenters. The van der Waals surface area contributed by atoms with Crippen LogP contribution < -0.4 is 0 Å². The summed E-state index contributed by atoms with van der Waals surface area (Å²) in [6.45, 7) is 4.29. The fourth-order valence-electron chi connectivity index (χ4n) is 2.77. The van der Waals surface area contributed by atoms with E-state index < -0.39 is 0 Å². The van der Waals surface area contributed by atoms with Crippen molar-refractivity contribution in [1.29, 1.82) is 0 Å². The highest BCUT2D eigenvalue weighted by Gasteiger charge is 2.12. The molecule has 0 aliphatic heterocycles. The molecule has 0 aliphatic rings. The number of halogens is 1. The lowest BCUT2D eigenvalue weighted by Gasteiger charge is -2.14. The number of alkyl halides is 1. The van der Waals surface area contributed by atoms with E-state index in [4.69, 9.17) is 11.6 Å². The van der Waals surface area contributed by atoms with Gasteiger partial charge in [-0.3, -0.25) is 0 Å². The minimum absolute atomic E-state index is 0.00166. The van der Waals surface area contributed by atoms with Crippen LogP contribution >= 0.6 is 11.6 Å². The number of fused-ring (bicyclic) bond motifs is 1. The van der Waals surface area contributed by atoms with E-state index >= 15 is 0 Å². The predicted molar refractivity (Wildman–Crippen MR) is 92.2 cm³/mol. The van der Waals surface area contributed by atoms with Crippen molar-refractivity contribution >= 4 is 22.4 Å². The Bertz CT molecular complexity index is 768. The van der Waals surface area contributed by atoms with E-state index in [0.29, 0.717) is 0 Å². The Balaban J connectivity index is 1.93. The fraction of sp³-hybridized carbons (Fsp3) is 0.200. The molecular formula is C20H19Cl. The van der Waals surface area contributed by atoms with Crippen LogP contribution in [0, 0.1) is 13.8 Å². The van der Waals surface area contributed by atoms with Crippen molar-refractivity contribution in [3.8, 4) is 0 Å². The van der Waals surface area contributed by atoms with Crippen LogP contribution in [0.15, 0.2) is 60.7 Å². The van der Waals surface area contributed by atoms with E-state index in [-0.39, 0.29) is 5.38 Å². The van der Waals surface area contributed by atoms with Crippen LogP contribution in [0.5, 0.6) is 0 Å². The van der Waals surface area contributed by atoms with Gasteiger partial charge in [-0.05, 0) is 53.3 Å². The molecule has 1 heteroatoms. The first kappa shape index (κ1) is 14.2. The monoisotopic (exact) mass is 294 g/mol. The Morgan fingerprint density at radius 1 is 0.857 bits per heavy atom. The molecule has 0 fully saturated rings. The Morgan fingerprint density at radius 3 is 2.43 bits per heavy atom. The topological polar surface area (TPSA) is 0 Å². The molecule has 0 nitrogen and oxygen atoms in total. The van der Waals surface area contributed by atoms with Crippen molar-refractivity contribution in [2.24, 2.45) is 0 Å². The summed E-state index contributed by atoms with van der Waals surface area (Å²) in [7, 11) is 0. The van der Waals surface area contributed by atoms with Crippen LogP contribution in [0.1, 0.15) is 27.6 Å². The van der Waals surface area contributed by atoms with Gasteiger partial charge in [0.2, 0.25) is 0 Å². The second-order valence-electron chi connectivity index (χ2n) is 5.66. The van der Waals surface area contributed by atoms with Gasteiger partial charge in [0.15, 0.2) is 0 Å². The summed E-state index contributed by atoms with van der Waals surface area (Å²) in [6, 6.07) is 21.4. The number of hydrogen-bond donors (Lipinski definition) is 0. The number of rotatable bonds is 3. The van der Waals surface area contributed by atoms with Gasteiger partial charge < -0.3 is 0 Å². The lowest BCUT2D eigenvalue weighted by atomic mass is 9.96. The third-order valence-corrected chi connectivity index (χ3v) is 4.54. The quantitative estimate of drug-likeness (QED) is 0.521. The van der Waals surface area contributed by atoms with Crippen LogP contribution in [0.25, 0.3) is 10.8 Å². The second kappa shape index (κ2) is 5.91. The zero-order chi connectivity index (χ0) is 14.8. The molecule has 0 N–H and O–H groups in total. The number of aryl methyl sites for hydroxylation is 2. The molecule has 0 aromatic heterocycles. The highest BCUT2D eigenvalue weighted by atomic mass is 35.5. The predicted octanol–water partition coefficient (Wildman–Crippen LogP) is 5.98. The van der Waals surface area contributed by atoms with Crippen molar-refractivity contribution in [3.63, 3.8) is 0 Å². The van der Waals surface area contributed by atoms with Crippen molar-refractivity contribution in [2.45, 2.75) is 25.6 Å². The first-order chi connectivity index (χ1) is 10.1. The van der Waals surface area contributed by atoms with E-state index in [0.717, 1.165) is 6.42 Å². The second-order valence-corrected chi connectivity index (χ2v) is 6.19. The molecule has 3 aromatic rings. The highest BCUT2D eigenvalue weighted by molar-refractivity contribution is 6.22. The van der Waals surface area contributed by atoms with Gasteiger partial charge in [0, 0.05) is 0 Å². The summed E-state index contributed by atoms with van der Waals surface area (Å²) in [6.07, 6.45) is 0.858. The van der Waals surface area contributed by atoms with Gasteiger partial charge >= 0.3 is 0 Å². The van der Waals surface area contributed by atoms with Crippen LogP contribution in [-0.4, -0.2) is 0 Å². The maximum Gasteiger partial charge on any atom is 0.0631 e. The van der Waals surface area contributed by atoms with Crippen LogP contribution in [0.3, 0.4) is 0 Å². The third kappa shape index (κ3) is 2.96. The Labute approximate surface area is 131 Å². The maximum absolute atomic E-state index is 6.71. The summed E-state index contributed by atoms with van der Waals surface area (Å²) < 4.78 is 0. The van der Waals surface area contributed by atoms with Crippen molar-refractivity contribution in [2.75, 3.05) is 0 Å². The third-order valence-electron chi connectivity index (χ3n) is 4.15. The molecule has 0 spiro atoms. The van der Waals surface area contributed by atoms with E-state index in [9.17, 15) is 0 Å². The molecule has 1 atom stereocenters. The molecule has 0 saturated heterocycles. The van der Waals surface area contributed by atoms with Gasteiger partial charge in [-0.25, -0.2) is 0 Å². The molecule has 0 radical (unpaired) electrons. The number of hydrogen-bond acceptors (Lipinski definition) is 0. The standard InChI is InChI=1S/C20H19Cl/c1-14-10-11-16(12-15(14)2)13-20(21)19-9-5-7-17-6-3-4-8-18(17)19/h3-12,20H,13H2,1-2H3. The van der Waals surface area contributed by atoms with Gasteiger partial charge in [-0.2, -0.15) is 0 Å². The van der Waals surface area contributed by atoms with Gasteiger partial charge in [0.1, 0.15) is 0 Å². The van der Waals surface area contributed by atoms with Gasteiger partial charge in [0.05, 0.1) is 5.38 Å². The Kier molecular flexibility index (Phi) is 3.98. The molecule has 3 aromatic carbocycles. The van der Waals surface area contributed by atoms with E-state index in [1.54, 1.807) is 0 Å². The molecular weight excluding hydrogens is 276 g/mol. The average molecular weight is 295 g/mol. The first-order valence-corrected chi connectivity index (χ1v) is 7.76. The molecule has 3 rings (SSSR count). The molecule has 0 bridgehead atoms. The van der Waals surface area contributed by atoms with E-state index in [1.165, 1.54) is 33.0 Å². The molecule has 0 amide bonds. The van der Waals surface area contributed by atoms with Crippen molar-refractivity contribution < 1.29 is 0 Å². The van der Waals surface area contributed by atoms with E-state index in [2.05, 4.69) is 74.5 Å². The zero-order valence-corrected chi connectivity index (χ0v) is 13.2. The van der Waals surface area contributed by atoms with Crippen molar-refractivity contribution in [1.82, 2.24) is 0 Å². The summed E-state index contributed by atoms with van der Waals surface area (Å²) in [5.41, 5.74) is 5.17. The smallest absolute Gasteiger partial charge is 0.0631 e. The fourth-order valence-corrected chi connectivity index (χ4v) is 3.14. The minimum atomic E-state index is -0.00166. The number of benzene rings is 3. The largest absolute Gasteiger partial charge is 0.117 e. The Morgan fingerprint density at radius 2 is 1.62 bits per heavy atom.